The van der Waals surface area contributed by atoms with Crippen LogP contribution in [0, 0.1) is 12.7 Å². The molecule has 8 heteroatoms. The molecule has 3 aliphatic rings. The number of anilines is 2. The summed E-state index contributed by atoms with van der Waals surface area (Å²) < 4.78 is 13.9. The van der Waals surface area contributed by atoms with E-state index in [2.05, 4.69) is 38.7 Å². The first-order valence-electron chi connectivity index (χ1n) is 11.7. The fourth-order valence-corrected chi connectivity index (χ4v) is 6.77. The highest BCUT2D eigenvalue weighted by molar-refractivity contribution is 7.21. The van der Waals surface area contributed by atoms with Crippen molar-refractivity contribution >= 4 is 38.8 Å². The molecule has 0 saturated carbocycles. The number of hydrogen-bond donors (Lipinski definition) is 3. The van der Waals surface area contributed by atoms with Gasteiger partial charge >= 0.3 is 0 Å². The number of aryl methyl sites for hydroxylation is 2. The van der Waals surface area contributed by atoms with Crippen LogP contribution in [0.3, 0.4) is 0 Å². The molecule has 2 aromatic heterocycles. The molecule has 33 heavy (non-hydrogen) atoms. The lowest BCUT2D eigenvalue weighted by atomic mass is 9.87. The summed E-state index contributed by atoms with van der Waals surface area (Å²) in [4.78, 5) is 20.9. The summed E-state index contributed by atoms with van der Waals surface area (Å²) >= 11 is 1.23. The molecule has 6 rings (SSSR count). The molecule has 2 saturated heterocycles. The number of piperazine rings is 1. The zero-order valence-electron chi connectivity index (χ0n) is 18.7. The zero-order chi connectivity index (χ0) is 22.7. The van der Waals surface area contributed by atoms with Crippen molar-refractivity contribution in [3.05, 3.63) is 51.8 Å². The molecule has 4 heterocycles. The second kappa shape index (κ2) is 7.95. The SMILES string of the molecule is Cc1nc2sc(C(=O)N[C@H]3CCc4cc(N5C6CCC5CNC6)ccc4C3)c(N)c2cc1F. The lowest BCUT2D eigenvalue weighted by Gasteiger charge is -2.38. The van der Waals surface area contributed by atoms with E-state index in [1.807, 2.05) is 0 Å². The Balaban J connectivity index is 1.18. The van der Waals surface area contributed by atoms with E-state index in [9.17, 15) is 9.18 Å². The topological polar surface area (TPSA) is 83.3 Å². The number of fused-ring (bicyclic) bond motifs is 4. The van der Waals surface area contributed by atoms with Crippen LogP contribution < -0.4 is 21.3 Å². The van der Waals surface area contributed by atoms with Gasteiger partial charge in [-0.15, -0.1) is 11.3 Å². The van der Waals surface area contributed by atoms with Crippen LogP contribution in [0.25, 0.3) is 10.2 Å². The molecule has 0 spiro atoms. The first kappa shape index (κ1) is 20.9. The summed E-state index contributed by atoms with van der Waals surface area (Å²) in [7, 11) is 0. The van der Waals surface area contributed by atoms with Gasteiger partial charge in [-0.2, -0.15) is 0 Å². The Morgan fingerprint density at radius 3 is 2.79 bits per heavy atom. The number of benzene rings is 1. The Hall–Kier alpha value is -2.71. The molecule has 3 atom stereocenters. The number of nitrogens with one attached hydrogen (secondary N) is 2. The van der Waals surface area contributed by atoms with Crippen LogP contribution in [0.5, 0.6) is 0 Å². The smallest absolute Gasteiger partial charge is 0.263 e. The minimum Gasteiger partial charge on any atom is -0.397 e. The van der Waals surface area contributed by atoms with Crippen LogP contribution >= 0.6 is 11.3 Å². The van der Waals surface area contributed by atoms with Crippen molar-refractivity contribution in [2.75, 3.05) is 23.7 Å². The van der Waals surface area contributed by atoms with Crippen molar-refractivity contribution in [1.82, 2.24) is 15.6 Å². The van der Waals surface area contributed by atoms with Gasteiger partial charge in [0.1, 0.15) is 15.5 Å². The first-order chi connectivity index (χ1) is 16.0. The number of nitrogens with zero attached hydrogens (tertiary/aromatic N) is 2. The van der Waals surface area contributed by atoms with Crippen molar-refractivity contribution in [2.45, 2.75) is 57.2 Å². The molecule has 4 N–H and O–H groups in total. The fraction of sp³-hybridized carbons (Fsp3) is 0.440. The quantitative estimate of drug-likeness (QED) is 0.551. The van der Waals surface area contributed by atoms with Gasteiger partial charge in [-0.3, -0.25) is 4.79 Å². The molecule has 2 aliphatic heterocycles. The van der Waals surface area contributed by atoms with E-state index in [1.54, 1.807) is 6.92 Å². The van der Waals surface area contributed by atoms with E-state index >= 15 is 0 Å². The van der Waals surface area contributed by atoms with E-state index < -0.39 is 5.82 Å². The number of hydrogen-bond acceptors (Lipinski definition) is 6. The number of nitrogens with two attached hydrogens (primary N) is 1. The Kier molecular flexibility index (Phi) is 5.03. The van der Waals surface area contributed by atoms with Gasteiger partial charge in [-0.05, 0) is 68.4 Å². The normalized spacial score (nSPS) is 24.2. The Bertz CT molecular complexity index is 1240. The Morgan fingerprint density at radius 1 is 1.21 bits per heavy atom. The van der Waals surface area contributed by atoms with Crippen LogP contribution in [0.1, 0.15) is 45.8 Å². The largest absolute Gasteiger partial charge is 0.397 e. The van der Waals surface area contributed by atoms with E-state index in [1.165, 1.54) is 47.1 Å². The van der Waals surface area contributed by atoms with E-state index in [-0.39, 0.29) is 11.9 Å². The molecule has 1 aromatic carbocycles. The fourth-order valence-electron chi connectivity index (χ4n) is 5.75. The van der Waals surface area contributed by atoms with E-state index in [0.717, 1.165) is 32.4 Å². The summed E-state index contributed by atoms with van der Waals surface area (Å²) in [6, 6.07) is 9.52. The first-order valence-corrected chi connectivity index (χ1v) is 12.6. The highest BCUT2D eigenvalue weighted by atomic mass is 32.1. The average Bonchev–Trinajstić information content (AvgIpc) is 3.25. The lowest BCUT2D eigenvalue weighted by Crippen LogP contribution is -2.52. The molecule has 2 bridgehead atoms. The number of carbonyl (C=O) groups is 1. The summed E-state index contributed by atoms with van der Waals surface area (Å²) in [5.74, 6) is -0.605. The number of thiophene rings is 1. The highest BCUT2D eigenvalue weighted by Gasteiger charge is 2.36. The summed E-state index contributed by atoms with van der Waals surface area (Å²) in [6.45, 7) is 3.76. The maximum atomic E-state index is 13.9. The zero-order valence-corrected chi connectivity index (χ0v) is 19.5. The van der Waals surface area contributed by atoms with Crippen LogP contribution in [0.15, 0.2) is 24.3 Å². The molecular formula is C25H28FN5OS. The van der Waals surface area contributed by atoms with Crippen molar-refractivity contribution in [1.29, 1.82) is 0 Å². The number of nitrogen functional groups attached to an aromatic ring is 1. The molecule has 0 radical (unpaired) electrons. The third-order valence-electron chi connectivity index (χ3n) is 7.49. The highest BCUT2D eigenvalue weighted by Crippen LogP contribution is 2.36. The molecule has 1 aliphatic carbocycles. The standard InChI is InChI=1S/C25H28FN5OS/c1-13-21(26)10-20-22(27)23(33-25(20)29-13)24(32)30-16-4-2-15-9-17(5-3-14(15)8-16)31-18-6-7-19(31)12-28-11-18/h3,5,9-10,16,18-19,28H,2,4,6-8,11-12,27H2,1H3,(H,30,32)/t16-,18?,19?/m0/s1. The van der Waals surface area contributed by atoms with Crippen molar-refractivity contribution in [3.63, 3.8) is 0 Å². The van der Waals surface area contributed by atoms with Crippen LogP contribution in [-0.4, -0.2) is 42.1 Å². The number of halogens is 1. The monoisotopic (exact) mass is 465 g/mol. The second-order valence-electron chi connectivity index (χ2n) is 9.57. The average molecular weight is 466 g/mol. The minimum atomic E-state index is -0.406. The number of amides is 1. The Labute approximate surface area is 196 Å². The van der Waals surface area contributed by atoms with Gasteiger partial charge in [0.25, 0.3) is 5.91 Å². The molecule has 2 unspecified atom stereocenters. The molecule has 172 valence electrons. The predicted octanol–water partition coefficient (Wildman–Crippen LogP) is 3.55. The molecule has 2 fully saturated rings. The molecule has 3 aromatic rings. The number of carbonyl (C=O) groups excluding carboxylic acids is 1. The van der Waals surface area contributed by atoms with Gasteiger partial charge in [-0.1, -0.05) is 6.07 Å². The van der Waals surface area contributed by atoms with Gasteiger partial charge in [0.05, 0.1) is 11.4 Å². The number of rotatable bonds is 3. The third kappa shape index (κ3) is 3.56. The summed E-state index contributed by atoms with van der Waals surface area (Å²) in [6.07, 6.45) is 5.19. The van der Waals surface area contributed by atoms with Crippen molar-refractivity contribution in [3.8, 4) is 0 Å². The maximum Gasteiger partial charge on any atom is 0.263 e. The van der Waals surface area contributed by atoms with Crippen molar-refractivity contribution in [2.24, 2.45) is 0 Å². The predicted molar refractivity (Wildman–Crippen MR) is 131 cm³/mol. The van der Waals surface area contributed by atoms with Gasteiger partial charge in [0, 0.05) is 42.3 Å². The second-order valence-corrected chi connectivity index (χ2v) is 10.6. The maximum absolute atomic E-state index is 13.9. The van der Waals surface area contributed by atoms with Crippen LogP contribution in [0.4, 0.5) is 15.8 Å². The minimum absolute atomic E-state index is 0.0576. The van der Waals surface area contributed by atoms with E-state index in [4.69, 9.17) is 5.73 Å². The van der Waals surface area contributed by atoms with Crippen LogP contribution in [0.2, 0.25) is 0 Å². The van der Waals surface area contributed by atoms with Crippen LogP contribution in [-0.2, 0) is 12.8 Å². The van der Waals surface area contributed by atoms with Gasteiger partial charge in [-0.25, -0.2) is 9.37 Å². The van der Waals surface area contributed by atoms with E-state index in [0.29, 0.717) is 38.6 Å². The number of pyridine rings is 1. The molecule has 6 nitrogen and oxygen atoms in total. The van der Waals surface area contributed by atoms with Gasteiger partial charge in [0.2, 0.25) is 0 Å². The third-order valence-corrected chi connectivity index (χ3v) is 8.60. The summed E-state index contributed by atoms with van der Waals surface area (Å²) in [5.41, 5.74) is 10.9. The lowest BCUT2D eigenvalue weighted by molar-refractivity contribution is 0.0938. The molecule has 1 amide bonds. The Morgan fingerprint density at radius 2 is 2.00 bits per heavy atom. The van der Waals surface area contributed by atoms with Gasteiger partial charge in [0.15, 0.2) is 0 Å². The molecular weight excluding hydrogens is 437 g/mol. The van der Waals surface area contributed by atoms with Crippen molar-refractivity contribution < 1.29 is 9.18 Å². The van der Waals surface area contributed by atoms with Gasteiger partial charge < -0.3 is 21.3 Å². The number of aromatic nitrogens is 1. The summed E-state index contributed by atoms with van der Waals surface area (Å²) in [5, 5.41) is 7.22.